The van der Waals surface area contributed by atoms with Crippen LogP contribution < -0.4 is 15.8 Å². The van der Waals surface area contributed by atoms with Crippen LogP contribution in [0.5, 0.6) is 5.75 Å². The standard InChI is InChI=1S/C22H35N3O3.ClH/c1-4-18(24-20(26)14-22(16-23)12-8-5-9-13-22)17-10-6-7-11-19(17)28-15-21(27)25(2)3;/h6-7,10-11,18H,4-5,8-9,12-16,23H2,1-3H3,(H,24,26);1H. The Morgan fingerprint density at radius 2 is 1.86 bits per heavy atom. The van der Waals surface area contributed by atoms with Crippen LogP contribution in [0.4, 0.5) is 0 Å². The average molecular weight is 426 g/mol. The number of hydrogen-bond donors (Lipinski definition) is 2. The van der Waals surface area contributed by atoms with E-state index in [0.717, 1.165) is 37.7 Å². The van der Waals surface area contributed by atoms with E-state index in [2.05, 4.69) is 5.32 Å². The van der Waals surface area contributed by atoms with Gasteiger partial charge in [0.15, 0.2) is 6.61 Å². The van der Waals surface area contributed by atoms with Crippen LogP contribution in [0.3, 0.4) is 0 Å². The van der Waals surface area contributed by atoms with Crippen LogP contribution in [0.2, 0.25) is 0 Å². The van der Waals surface area contributed by atoms with E-state index in [0.29, 0.717) is 18.7 Å². The summed E-state index contributed by atoms with van der Waals surface area (Å²) in [6.07, 6.45) is 6.81. The number of benzene rings is 1. The number of hydrogen-bond acceptors (Lipinski definition) is 4. The summed E-state index contributed by atoms with van der Waals surface area (Å²) in [7, 11) is 3.40. The van der Waals surface area contributed by atoms with Crippen molar-refractivity contribution in [1.82, 2.24) is 10.2 Å². The lowest BCUT2D eigenvalue weighted by Gasteiger charge is -2.36. The second-order valence-electron chi connectivity index (χ2n) is 8.08. The molecule has 164 valence electrons. The molecule has 7 heteroatoms. The molecule has 0 aromatic heterocycles. The molecule has 1 saturated carbocycles. The van der Waals surface area contributed by atoms with E-state index < -0.39 is 0 Å². The summed E-state index contributed by atoms with van der Waals surface area (Å²) in [6.45, 7) is 2.57. The average Bonchev–Trinajstić information content (AvgIpc) is 2.71. The van der Waals surface area contributed by atoms with Gasteiger partial charge >= 0.3 is 0 Å². The first-order valence-corrected chi connectivity index (χ1v) is 10.3. The van der Waals surface area contributed by atoms with Crippen molar-refractivity contribution in [3.63, 3.8) is 0 Å². The van der Waals surface area contributed by atoms with Crippen LogP contribution in [-0.4, -0.2) is 44.0 Å². The van der Waals surface area contributed by atoms with Gasteiger partial charge in [-0.1, -0.05) is 44.4 Å². The molecule has 1 aromatic rings. The normalized spacial score (nSPS) is 16.3. The lowest BCUT2D eigenvalue weighted by Crippen LogP contribution is -2.39. The molecule has 1 aliphatic rings. The fourth-order valence-electron chi connectivity index (χ4n) is 3.91. The fourth-order valence-corrected chi connectivity index (χ4v) is 3.91. The van der Waals surface area contributed by atoms with Gasteiger partial charge < -0.3 is 20.7 Å². The van der Waals surface area contributed by atoms with Crippen molar-refractivity contribution in [3.05, 3.63) is 29.8 Å². The first kappa shape index (κ1) is 25.2. The minimum atomic E-state index is -0.156. The Kier molecular flexibility index (Phi) is 10.5. The van der Waals surface area contributed by atoms with E-state index in [9.17, 15) is 9.59 Å². The molecule has 0 aliphatic heterocycles. The molecule has 6 nitrogen and oxygen atoms in total. The van der Waals surface area contributed by atoms with Crippen LogP contribution in [0.25, 0.3) is 0 Å². The molecule has 1 atom stereocenters. The highest BCUT2D eigenvalue weighted by atomic mass is 35.5. The number of nitrogens with zero attached hydrogens (tertiary/aromatic N) is 1. The number of nitrogens with two attached hydrogens (primary N) is 1. The molecule has 2 rings (SSSR count). The van der Waals surface area contributed by atoms with Crippen molar-refractivity contribution in [3.8, 4) is 5.75 Å². The number of carbonyl (C=O) groups is 2. The zero-order valence-corrected chi connectivity index (χ0v) is 18.7. The maximum atomic E-state index is 12.8. The molecule has 0 bridgehead atoms. The summed E-state index contributed by atoms with van der Waals surface area (Å²) >= 11 is 0. The van der Waals surface area contributed by atoms with Gasteiger partial charge in [0.1, 0.15) is 5.75 Å². The number of rotatable bonds is 9. The number of nitrogens with one attached hydrogen (secondary N) is 1. The van der Waals surface area contributed by atoms with E-state index in [-0.39, 0.29) is 42.3 Å². The monoisotopic (exact) mass is 425 g/mol. The van der Waals surface area contributed by atoms with Crippen molar-refractivity contribution in [2.75, 3.05) is 27.2 Å². The molecule has 2 amide bonds. The highest BCUT2D eigenvalue weighted by Gasteiger charge is 2.33. The summed E-state index contributed by atoms with van der Waals surface area (Å²) in [5, 5.41) is 3.17. The summed E-state index contributed by atoms with van der Waals surface area (Å²) in [4.78, 5) is 26.2. The third-order valence-electron chi connectivity index (χ3n) is 5.77. The molecule has 1 fully saturated rings. The SMILES string of the molecule is CCC(NC(=O)CC1(CN)CCCCC1)c1ccccc1OCC(=O)N(C)C.Cl. The molecular weight excluding hydrogens is 390 g/mol. The summed E-state index contributed by atoms with van der Waals surface area (Å²) in [5.74, 6) is 0.573. The first-order chi connectivity index (χ1) is 13.4. The Morgan fingerprint density at radius 3 is 2.45 bits per heavy atom. The third kappa shape index (κ3) is 7.19. The van der Waals surface area contributed by atoms with Gasteiger partial charge in [-0.25, -0.2) is 0 Å². The zero-order chi connectivity index (χ0) is 20.6. The van der Waals surface area contributed by atoms with E-state index in [1.807, 2.05) is 31.2 Å². The van der Waals surface area contributed by atoms with Crippen LogP contribution in [0, 0.1) is 5.41 Å². The molecule has 0 radical (unpaired) electrons. The van der Waals surface area contributed by atoms with E-state index in [1.165, 1.54) is 11.3 Å². The van der Waals surface area contributed by atoms with Gasteiger partial charge in [-0.05, 0) is 37.3 Å². The van der Waals surface area contributed by atoms with Crippen molar-refractivity contribution >= 4 is 24.2 Å². The molecule has 0 heterocycles. The molecule has 0 spiro atoms. The largest absolute Gasteiger partial charge is 0.483 e. The number of halogens is 1. The van der Waals surface area contributed by atoms with Crippen LogP contribution in [-0.2, 0) is 9.59 Å². The number of carbonyl (C=O) groups excluding carboxylic acids is 2. The molecule has 29 heavy (non-hydrogen) atoms. The van der Waals surface area contributed by atoms with E-state index in [1.54, 1.807) is 14.1 Å². The van der Waals surface area contributed by atoms with E-state index >= 15 is 0 Å². The van der Waals surface area contributed by atoms with Crippen LogP contribution in [0.1, 0.15) is 63.5 Å². The quantitative estimate of drug-likeness (QED) is 0.634. The summed E-state index contributed by atoms with van der Waals surface area (Å²) in [5.41, 5.74) is 6.88. The maximum absolute atomic E-state index is 12.8. The predicted molar refractivity (Wildman–Crippen MR) is 118 cm³/mol. The Morgan fingerprint density at radius 1 is 1.21 bits per heavy atom. The lowest BCUT2D eigenvalue weighted by atomic mass is 9.71. The van der Waals surface area contributed by atoms with Crippen molar-refractivity contribution in [2.45, 2.75) is 57.9 Å². The summed E-state index contributed by atoms with van der Waals surface area (Å²) in [6, 6.07) is 7.43. The molecule has 1 aliphatic carbocycles. The van der Waals surface area contributed by atoms with Gasteiger partial charge in [-0.15, -0.1) is 12.4 Å². The third-order valence-corrected chi connectivity index (χ3v) is 5.77. The topological polar surface area (TPSA) is 84.7 Å². The van der Waals surface area contributed by atoms with Crippen molar-refractivity contribution < 1.29 is 14.3 Å². The second-order valence-corrected chi connectivity index (χ2v) is 8.08. The van der Waals surface area contributed by atoms with Crippen LogP contribution in [0.15, 0.2) is 24.3 Å². The smallest absolute Gasteiger partial charge is 0.259 e. The Labute approximate surface area is 181 Å². The van der Waals surface area contributed by atoms with Gasteiger partial charge in [-0.3, -0.25) is 9.59 Å². The molecule has 0 saturated heterocycles. The Bertz CT molecular complexity index is 660. The minimum Gasteiger partial charge on any atom is -0.483 e. The molecule has 1 aromatic carbocycles. The van der Waals surface area contributed by atoms with E-state index in [4.69, 9.17) is 10.5 Å². The second kappa shape index (κ2) is 12.0. The van der Waals surface area contributed by atoms with Gasteiger partial charge in [-0.2, -0.15) is 0 Å². The van der Waals surface area contributed by atoms with Gasteiger partial charge in [0.05, 0.1) is 6.04 Å². The number of ether oxygens (including phenoxy) is 1. The summed E-state index contributed by atoms with van der Waals surface area (Å²) < 4.78 is 5.75. The van der Waals surface area contributed by atoms with Crippen molar-refractivity contribution in [1.29, 1.82) is 0 Å². The van der Waals surface area contributed by atoms with Gasteiger partial charge in [0.25, 0.3) is 5.91 Å². The Balaban J connectivity index is 0.00000420. The number of amides is 2. The lowest BCUT2D eigenvalue weighted by molar-refractivity contribution is -0.131. The Hall–Kier alpha value is -1.79. The highest BCUT2D eigenvalue weighted by molar-refractivity contribution is 5.85. The first-order valence-electron chi connectivity index (χ1n) is 10.3. The number of likely N-dealkylation sites (N-methyl/N-ethyl adjacent to an activating group) is 1. The van der Waals surface area contributed by atoms with Crippen molar-refractivity contribution in [2.24, 2.45) is 11.1 Å². The fraction of sp³-hybridized carbons (Fsp3) is 0.636. The highest BCUT2D eigenvalue weighted by Crippen LogP contribution is 2.38. The van der Waals surface area contributed by atoms with Gasteiger partial charge in [0.2, 0.25) is 5.91 Å². The minimum absolute atomic E-state index is 0. The van der Waals surface area contributed by atoms with Gasteiger partial charge in [0, 0.05) is 26.1 Å². The number of para-hydroxylation sites is 1. The zero-order valence-electron chi connectivity index (χ0n) is 17.9. The predicted octanol–water partition coefficient (Wildman–Crippen LogP) is 3.44. The molecular formula is C22H36ClN3O3. The van der Waals surface area contributed by atoms with Crippen LogP contribution >= 0.6 is 12.4 Å². The molecule has 3 N–H and O–H groups in total. The maximum Gasteiger partial charge on any atom is 0.259 e. The molecule has 1 unspecified atom stereocenters.